The second-order valence-corrected chi connectivity index (χ2v) is 8.00. The van der Waals surface area contributed by atoms with Gasteiger partial charge in [0.2, 0.25) is 0 Å². The van der Waals surface area contributed by atoms with Crippen LogP contribution in [0, 0.1) is 0 Å². The van der Waals surface area contributed by atoms with Crippen LogP contribution in [0.4, 0.5) is 0 Å². The Kier molecular flexibility index (Phi) is 6.70. The summed E-state index contributed by atoms with van der Waals surface area (Å²) in [6.07, 6.45) is 4.03. The van der Waals surface area contributed by atoms with Gasteiger partial charge in [0, 0.05) is 5.92 Å². The molecule has 0 heterocycles. The molecule has 0 spiro atoms. The molecule has 1 N–H and O–H groups in total. The summed E-state index contributed by atoms with van der Waals surface area (Å²) >= 11 is 0. The summed E-state index contributed by atoms with van der Waals surface area (Å²) < 4.78 is 5.94. The number of carboxylic acids is 1. The van der Waals surface area contributed by atoms with E-state index in [1.165, 1.54) is 0 Å². The van der Waals surface area contributed by atoms with Crippen molar-refractivity contribution in [1.82, 2.24) is 4.90 Å². The van der Waals surface area contributed by atoms with E-state index < -0.39 is 17.5 Å². The lowest BCUT2D eigenvalue weighted by molar-refractivity contribution is -0.179. The zero-order chi connectivity index (χ0) is 20.9. The van der Waals surface area contributed by atoms with Gasteiger partial charge in [0.05, 0.1) is 0 Å². The molecule has 0 unspecified atom stereocenters. The van der Waals surface area contributed by atoms with Crippen molar-refractivity contribution >= 4 is 11.9 Å². The molecule has 2 aromatic carbocycles. The maximum Gasteiger partial charge on any atom is 0.418 e. The van der Waals surface area contributed by atoms with Crippen LogP contribution >= 0.6 is 0 Å². The fraction of sp³-hybridized carbons (Fsp3) is 0.417. The van der Waals surface area contributed by atoms with Crippen LogP contribution in [0.5, 0.6) is 0 Å². The van der Waals surface area contributed by atoms with Gasteiger partial charge in [0.15, 0.2) is 0 Å². The number of rotatable bonds is 6. The average Bonchev–Trinajstić information content (AvgIpc) is 2.86. The van der Waals surface area contributed by atoms with Crippen molar-refractivity contribution in [2.45, 2.75) is 43.6 Å². The van der Waals surface area contributed by atoms with Crippen LogP contribution in [0.3, 0.4) is 0 Å². The van der Waals surface area contributed by atoms with Crippen LogP contribution in [0.25, 0.3) is 0 Å². The molecule has 0 bridgehead atoms. The average molecular weight is 395 g/mol. The van der Waals surface area contributed by atoms with Crippen LogP contribution in [-0.4, -0.2) is 42.6 Å². The van der Waals surface area contributed by atoms with Gasteiger partial charge < -0.3 is 14.7 Å². The minimum atomic E-state index is -1.55. The lowest BCUT2D eigenvalue weighted by Gasteiger charge is -2.41. The predicted molar refractivity (Wildman–Crippen MR) is 112 cm³/mol. The lowest BCUT2D eigenvalue weighted by Crippen LogP contribution is -2.41. The Hall–Kier alpha value is -2.66. The van der Waals surface area contributed by atoms with Gasteiger partial charge in [0.25, 0.3) is 0 Å². The van der Waals surface area contributed by atoms with Gasteiger partial charge in [-0.3, -0.25) is 0 Å². The Bertz CT molecular complexity index is 849. The van der Waals surface area contributed by atoms with Crippen LogP contribution < -0.4 is 0 Å². The summed E-state index contributed by atoms with van der Waals surface area (Å²) in [4.78, 5) is 25.9. The molecular formula is C24H29NO4. The molecule has 1 aliphatic carbocycles. The van der Waals surface area contributed by atoms with Crippen molar-refractivity contribution in [3.8, 4) is 0 Å². The van der Waals surface area contributed by atoms with Crippen molar-refractivity contribution in [2.24, 2.45) is 0 Å². The maximum absolute atomic E-state index is 12.4. The highest BCUT2D eigenvalue weighted by Gasteiger charge is 2.47. The molecule has 3 rings (SSSR count). The van der Waals surface area contributed by atoms with Crippen molar-refractivity contribution in [3.63, 3.8) is 0 Å². The van der Waals surface area contributed by atoms with Gasteiger partial charge in [-0.15, -0.1) is 0 Å². The number of nitrogens with zero attached hydrogens (tertiary/aromatic N) is 1. The second kappa shape index (κ2) is 9.23. The summed E-state index contributed by atoms with van der Waals surface area (Å²) in [5.74, 6) is -2.84. The highest BCUT2D eigenvalue weighted by molar-refractivity contribution is 6.28. The molecule has 2 aromatic rings. The molecule has 0 saturated carbocycles. The van der Waals surface area contributed by atoms with E-state index in [1.807, 2.05) is 62.6 Å². The summed E-state index contributed by atoms with van der Waals surface area (Å²) in [7, 11) is 4.01. The predicted octanol–water partition coefficient (Wildman–Crippen LogP) is 3.97. The zero-order valence-electron chi connectivity index (χ0n) is 17.1. The molecule has 0 amide bonds. The van der Waals surface area contributed by atoms with Crippen LogP contribution in [0.1, 0.15) is 48.3 Å². The highest BCUT2D eigenvalue weighted by atomic mass is 16.6. The summed E-state index contributed by atoms with van der Waals surface area (Å²) in [5, 5.41) is 9.33. The molecule has 5 nitrogen and oxygen atoms in total. The number of fused-ring (bicyclic) bond motifs is 1. The Balaban J connectivity index is 2.16. The number of carboxylic acid groups (broad SMARTS) is 1. The molecule has 154 valence electrons. The first-order valence-corrected chi connectivity index (χ1v) is 10.2. The Morgan fingerprint density at radius 2 is 1.79 bits per heavy atom. The maximum atomic E-state index is 12.4. The third-order valence-electron chi connectivity index (χ3n) is 5.78. The third kappa shape index (κ3) is 4.67. The molecule has 1 aliphatic rings. The molecule has 2 atom stereocenters. The number of carbonyl (C=O) groups is 2. The monoisotopic (exact) mass is 395 g/mol. The minimum absolute atomic E-state index is 0.0992. The molecule has 0 aliphatic heterocycles. The van der Waals surface area contributed by atoms with E-state index >= 15 is 0 Å². The number of aliphatic carboxylic acids is 1. The van der Waals surface area contributed by atoms with Gasteiger partial charge in [-0.05, 0) is 69.4 Å². The number of esters is 1. The molecule has 0 radical (unpaired) electrons. The van der Waals surface area contributed by atoms with Gasteiger partial charge in [-0.2, -0.15) is 0 Å². The van der Waals surface area contributed by atoms with E-state index in [0.29, 0.717) is 6.42 Å². The molecule has 0 saturated heterocycles. The van der Waals surface area contributed by atoms with Crippen molar-refractivity contribution < 1.29 is 19.4 Å². The normalized spacial score (nSPS) is 21.3. The quantitative estimate of drug-likeness (QED) is 0.455. The fourth-order valence-electron chi connectivity index (χ4n) is 4.54. The number of hydrogen-bond acceptors (Lipinski definition) is 4. The van der Waals surface area contributed by atoms with E-state index in [2.05, 4.69) is 11.0 Å². The molecule has 29 heavy (non-hydrogen) atoms. The summed E-state index contributed by atoms with van der Waals surface area (Å²) in [5.41, 5.74) is 2.15. The number of ether oxygens (including phenoxy) is 1. The molecule has 5 heteroatoms. The molecule has 0 aromatic heterocycles. The number of carbonyl (C=O) groups excluding carboxylic acids is 1. The lowest BCUT2D eigenvalue weighted by atomic mass is 9.73. The van der Waals surface area contributed by atoms with Crippen molar-refractivity contribution in [2.75, 3.05) is 20.6 Å². The third-order valence-corrected chi connectivity index (χ3v) is 5.78. The zero-order valence-corrected chi connectivity index (χ0v) is 17.1. The van der Waals surface area contributed by atoms with Crippen molar-refractivity contribution in [1.29, 1.82) is 0 Å². The van der Waals surface area contributed by atoms with Crippen molar-refractivity contribution in [3.05, 3.63) is 71.3 Å². The topological polar surface area (TPSA) is 66.8 Å². The van der Waals surface area contributed by atoms with Crippen LogP contribution in [-0.2, 0) is 26.3 Å². The second-order valence-electron chi connectivity index (χ2n) is 8.00. The molecular weight excluding hydrogens is 366 g/mol. The fourth-order valence-corrected chi connectivity index (χ4v) is 4.54. The number of benzene rings is 2. The first-order valence-electron chi connectivity index (χ1n) is 10.2. The Morgan fingerprint density at radius 1 is 1.10 bits per heavy atom. The number of hydrogen-bond donors (Lipinski definition) is 1. The largest absolute Gasteiger partial charge is 0.473 e. The molecule has 0 fully saturated rings. The van der Waals surface area contributed by atoms with Gasteiger partial charge >= 0.3 is 11.9 Å². The SMILES string of the molecule is CN(C)CCC[C@]1(OC(=O)C(=O)O)c2ccccc2CCC[C@@H]1c1ccccc1. The smallest absolute Gasteiger partial charge is 0.418 e. The standard InChI is InChI=1S/C24H29NO4/c1-25(2)17-9-16-24(29-23(28)22(26)27)20-14-7-6-12-19(20)13-8-15-21(24)18-10-4-3-5-11-18/h3-7,10-12,14,21H,8-9,13,15-17H2,1-2H3,(H,26,27)/t21-,24+/m1/s1. The van der Waals surface area contributed by atoms with E-state index in [-0.39, 0.29) is 5.92 Å². The number of aryl methyl sites for hydroxylation is 1. The first kappa shape index (κ1) is 21.1. The van der Waals surface area contributed by atoms with E-state index in [0.717, 1.165) is 48.9 Å². The van der Waals surface area contributed by atoms with Crippen LogP contribution in [0.15, 0.2) is 54.6 Å². The van der Waals surface area contributed by atoms with E-state index in [1.54, 1.807) is 0 Å². The Morgan fingerprint density at radius 3 is 2.48 bits per heavy atom. The minimum Gasteiger partial charge on any atom is -0.473 e. The summed E-state index contributed by atoms with van der Waals surface area (Å²) in [6, 6.07) is 18.0. The van der Waals surface area contributed by atoms with Gasteiger partial charge in [0.1, 0.15) is 5.60 Å². The van der Waals surface area contributed by atoms with E-state index in [4.69, 9.17) is 4.74 Å². The Labute approximate surface area is 172 Å². The first-order chi connectivity index (χ1) is 13.9. The summed E-state index contributed by atoms with van der Waals surface area (Å²) in [6.45, 7) is 0.829. The van der Waals surface area contributed by atoms with Gasteiger partial charge in [-0.25, -0.2) is 9.59 Å². The van der Waals surface area contributed by atoms with Crippen LogP contribution in [0.2, 0.25) is 0 Å². The van der Waals surface area contributed by atoms with Gasteiger partial charge in [-0.1, -0.05) is 54.6 Å². The highest BCUT2D eigenvalue weighted by Crippen LogP contribution is 2.50. The van der Waals surface area contributed by atoms with E-state index in [9.17, 15) is 14.7 Å².